The minimum absolute atomic E-state index is 0.0214. The van der Waals surface area contributed by atoms with Gasteiger partial charge in [0.25, 0.3) is 0 Å². The molecule has 4 fully saturated rings. The Hall–Kier alpha value is -3.55. The summed E-state index contributed by atoms with van der Waals surface area (Å²) >= 11 is 0. The van der Waals surface area contributed by atoms with E-state index in [9.17, 15) is 14.4 Å². The van der Waals surface area contributed by atoms with Crippen LogP contribution in [0, 0.1) is 29.1 Å². The second-order valence-corrected chi connectivity index (χ2v) is 18.9. The summed E-state index contributed by atoms with van der Waals surface area (Å²) in [7, 11) is 0. The molecule has 4 aliphatic rings. The lowest BCUT2D eigenvalue weighted by Crippen LogP contribution is -2.39. The third-order valence-electron chi connectivity index (χ3n) is 12.7. The number of esters is 3. The molecule has 0 radical (unpaired) electrons. The maximum absolute atomic E-state index is 12.1. The molecule has 0 aromatic heterocycles. The summed E-state index contributed by atoms with van der Waals surface area (Å²) in [5.41, 5.74) is 1.96. The lowest BCUT2D eigenvalue weighted by Gasteiger charge is -2.29. The number of rotatable bonds is 11. The Morgan fingerprint density at radius 1 is 0.825 bits per heavy atom. The summed E-state index contributed by atoms with van der Waals surface area (Å²) < 4.78 is 22.3. The number of benzene rings is 2. The quantitative estimate of drug-likeness (QED) is 0.177. The number of phenolic OH excluding ortho intramolecular Hbond substituents is 1. The summed E-state index contributed by atoms with van der Waals surface area (Å²) in [5.74, 6) is 3.01. The van der Waals surface area contributed by atoms with Crippen LogP contribution < -0.4 is 4.74 Å². The van der Waals surface area contributed by atoms with Crippen molar-refractivity contribution in [2.45, 2.75) is 189 Å². The zero-order chi connectivity index (χ0) is 42.7. The molecule has 8 heteroatoms. The minimum Gasteiger partial charge on any atom is -0.508 e. The summed E-state index contributed by atoms with van der Waals surface area (Å²) in [6, 6.07) is 15.9. The fraction of sp³-hybridized carbons (Fsp3) is 0.694. The van der Waals surface area contributed by atoms with Crippen LogP contribution in [-0.4, -0.2) is 46.4 Å². The highest BCUT2D eigenvalue weighted by atomic mass is 16.6. The van der Waals surface area contributed by atoms with Crippen LogP contribution in [0.25, 0.3) is 0 Å². The third kappa shape index (κ3) is 13.8. The van der Waals surface area contributed by atoms with Crippen LogP contribution in [0.15, 0.2) is 48.5 Å². The standard InChI is InChI=1S/C14H20O4.C14H22O.C11H20O2.C10H14O/c1-4-14(2,3)13(16)18-10-7-5-8-9(6-7)12(15)17-11(8)10;1-6-11(2)12-7-9-13(10-8-12)15-14(3,4)5;1-4-9(2)10(12)13-11(3)7-5-6-8-11;1-3-8(2)9-4-6-10(11)7-5-9/h7-11H,4-6H2,1-3H3;7-11H,6H2,1-5H3;9H,4-8H2,1-3H3;4-8,11H,3H2,1-2H3. The lowest BCUT2D eigenvalue weighted by molar-refractivity contribution is -0.170. The Bertz CT molecular complexity index is 1550. The number of ether oxygens (including phenoxy) is 4. The number of carbonyl (C=O) groups is 3. The Labute approximate surface area is 345 Å². The van der Waals surface area contributed by atoms with Crippen molar-refractivity contribution in [1.82, 2.24) is 0 Å². The van der Waals surface area contributed by atoms with E-state index in [-0.39, 0.29) is 53.2 Å². The van der Waals surface area contributed by atoms with Crippen LogP contribution in [0.2, 0.25) is 0 Å². The van der Waals surface area contributed by atoms with Crippen LogP contribution >= 0.6 is 0 Å². The van der Waals surface area contributed by atoms with E-state index >= 15 is 0 Å². The summed E-state index contributed by atoms with van der Waals surface area (Å²) in [6.45, 7) is 26.8. The average molecular weight is 793 g/mol. The van der Waals surface area contributed by atoms with Crippen LogP contribution in [0.1, 0.15) is 177 Å². The first kappa shape index (κ1) is 47.8. The zero-order valence-corrected chi connectivity index (χ0v) is 37.6. The highest BCUT2D eigenvalue weighted by Gasteiger charge is 2.63. The van der Waals surface area contributed by atoms with Gasteiger partial charge in [-0.2, -0.15) is 0 Å². The van der Waals surface area contributed by atoms with Crippen molar-refractivity contribution < 1.29 is 38.4 Å². The van der Waals surface area contributed by atoms with Crippen molar-refractivity contribution in [3.8, 4) is 11.5 Å². The molecule has 8 atom stereocenters. The van der Waals surface area contributed by atoms with Gasteiger partial charge in [0, 0.05) is 11.8 Å². The van der Waals surface area contributed by atoms with E-state index in [2.05, 4.69) is 79.7 Å². The molecule has 2 aromatic carbocycles. The molecule has 3 aliphatic carbocycles. The van der Waals surface area contributed by atoms with Gasteiger partial charge in [-0.1, -0.05) is 72.7 Å². The van der Waals surface area contributed by atoms with Gasteiger partial charge >= 0.3 is 17.9 Å². The summed E-state index contributed by atoms with van der Waals surface area (Å²) in [4.78, 5) is 35.2. The van der Waals surface area contributed by atoms with Gasteiger partial charge < -0.3 is 24.1 Å². The van der Waals surface area contributed by atoms with Gasteiger partial charge in [0.05, 0.1) is 17.3 Å². The smallest absolute Gasteiger partial charge is 0.311 e. The van der Waals surface area contributed by atoms with Crippen molar-refractivity contribution in [3.05, 3.63) is 59.7 Å². The van der Waals surface area contributed by atoms with Gasteiger partial charge in [-0.25, -0.2) is 0 Å². The first-order valence-electron chi connectivity index (χ1n) is 21.9. The van der Waals surface area contributed by atoms with Crippen LogP contribution in [0.4, 0.5) is 0 Å². The molecule has 2 bridgehead atoms. The van der Waals surface area contributed by atoms with Crippen LogP contribution in [0.5, 0.6) is 11.5 Å². The van der Waals surface area contributed by atoms with Gasteiger partial charge in [-0.05, 0) is 153 Å². The molecule has 8 nitrogen and oxygen atoms in total. The summed E-state index contributed by atoms with van der Waals surface area (Å²) in [6.07, 6.45) is 9.86. The molecule has 3 saturated carbocycles. The molecule has 1 N–H and O–H groups in total. The predicted molar refractivity (Wildman–Crippen MR) is 228 cm³/mol. The lowest BCUT2D eigenvalue weighted by atomic mass is 9.87. The van der Waals surface area contributed by atoms with E-state index in [0.717, 1.165) is 50.7 Å². The normalized spacial score (nSPS) is 24.2. The Kier molecular flexibility index (Phi) is 17.6. The molecule has 0 spiro atoms. The fourth-order valence-corrected chi connectivity index (χ4v) is 7.72. The van der Waals surface area contributed by atoms with Crippen molar-refractivity contribution in [2.24, 2.45) is 29.1 Å². The van der Waals surface area contributed by atoms with Gasteiger partial charge in [0.15, 0.2) is 0 Å². The van der Waals surface area contributed by atoms with Gasteiger partial charge in [-0.15, -0.1) is 0 Å². The van der Waals surface area contributed by atoms with Crippen LogP contribution in [0.3, 0.4) is 0 Å². The van der Waals surface area contributed by atoms with E-state index in [4.69, 9.17) is 24.1 Å². The highest BCUT2D eigenvalue weighted by molar-refractivity contribution is 5.78. The molecular formula is C49H76O8. The predicted octanol–water partition coefficient (Wildman–Crippen LogP) is 12.1. The topological polar surface area (TPSA) is 108 Å². The maximum Gasteiger partial charge on any atom is 0.311 e. The number of carbonyl (C=O) groups excluding carboxylic acids is 3. The average Bonchev–Trinajstić information content (AvgIpc) is 3.94. The second-order valence-electron chi connectivity index (χ2n) is 18.9. The molecule has 57 heavy (non-hydrogen) atoms. The van der Waals surface area contributed by atoms with Crippen molar-refractivity contribution in [2.75, 3.05) is 0 Å². The second kappa shape index (κ2) is 20.9. The van der Waals surface area contributed by atoms with E-state index in [1.54, 1.807) is 12.1 Å². The van der Waals surface area contributed by atoms with E-state index in [0.29, 0.717) is 29.4 Å². The van der Waals surface area contributed by atoms with Gasteiger partial charge in [0.1, 0.15) is 34.9 Å². The number of fused-ring (bicyclic) bond motifs is 1. The van der Waals surface area contributed by atoms with E-state index in [1.807, 2.05) is 46.8 Å². The number of hydrogen-bond donors (Lipinski definition) is 1. The van der Waals surface area contributed by atoms with Crippen molar-refractivity contribution in [1.29, 1.82) is 0 Å². The SMILES string of the molecule is CCC(C)(C)C(=O)OC1C2CC3C(=O)OC1C3C2.CCC(C)C(=O)OC1(C)CCCC1.CCC(C)c1ccc(O)cc1.CCC(C)c1ccc(OC(C)(C)C)cc1. The Morgan fingerprint density at radius 2 is 1.35 bits per heavy atom. The van der Waals surface area contributed by atoms with Gasteiger partial charge in [-0.3, -0.25) is 14.4 Å². The fourth-order valence-electron chi connectivity index (χ4n) is 7.72. The number of aromatic hydroxyl groups is 1. The molecule has 1 saturated heterocycles. The van der Waals surface area contributed by atoms with Gasteiger partial charge in [0.2, 0.25) is 0 Å². The number of phenols is 1. The molecule has 320 valence electrons. The van der Waals surface area contributed by atoms with E-state index < -0.39 is 5.41 Å². The Morgan fingerprint density at radius 3 is 1.82 bits per heavy atom. The molecular weight excluding hydrogens is 717 g/mol. The molecule has 8 unspecified atom stereocenters. The minimum atomic E-state index is -0.455. The Balaban J connectivity index is 0.000000207. The zero-order valence-electron chi connectivity index (χ0n) is 37.6. The number of hydrogen-bond acceptors (Lipinski definition) is 8. The van der Waals surface area contributed by atoms with Crippen LogP contribution in [-0.2, 0) is 28.6 Å². The largest absolute Gasteiger partial charge is 0.508 e. The molecule has 1 aliphatic heterocycles. The van der Waals surface area contributed by atoms with Crippen molar-refractivity contribution >= 4 is 17.9 Å². The molecule has 1 heterocycles. The highest BCUT2D eigenvalue weighted by Crippen LogP contribution is 2.55. The molecule has 6 rings (SSSR count). The third-order valence-corrected chi connectivity index (χ3v) is 12.7. The van der Waals surface area contributed by atoms with E-state index in [1.165, 1.54) is 30.4 Å². The monoisotopic (exact) mass is 793 g/mol. The molecule has 0 amide bonds. The summed E-state index contributed by atoms with van der Waals surface area (Å²) in [5, 5.41) is 9.01. The molecule has 2 aromatic rings. The first-order valence-corrected chi connectivity index (χ1v) is 21.9. The van der Waals surface area contributed by atoms with Crippen molar-refractivity contribution in [3.63, 3.8) is 0 Å². The first-order chi connectivity index (χ1) is 26.7. The maximum atomic E-state index is 12.1.